The lowest BCUT2D eigenvalue weighted by atomic mass is 10.1. The minimum atomic E-state index is -3.51. The van der Waals surface area contributed by atoms with Gasteiger partial charge in [0, 0.05) is 5.69 Å². The zero-order chi connectivity index (χ0) is 14.8. The maximum atomic E-state index is 12.1. The molecule has 1 aromatic carbocycles. The molecule has 2 rings (SSSR count). The molecule has 0 radical (unpaired) electrons. The third kappa shape index (κ3) is 3.17. The van der Waals surface area contributed by atoms with Crippen LogP contribution in [0.5, 0.6) is 0 Å². The van der Waals surface area contributed by atoms with Crippen LogP contribution in [0.2, 0.25) is 0 Å². The second-order valence-electron chi connectivity index (χ2n) is 4.82. The molecular formula is C13H19N3O3S. The number of anilines is 1. The number of carbonyl (C=O) groups is 1. The Bertz CT molecular complexity index is 607. The van der Waals surface area contributed by atoms with Crippen LogP contribution < -0.4 is 15.4 Å². The van der Waals surface area contributed by atoms with Crippen LogP contribution in [0.3, 0.4) is 0 Å². The molecule has 0 spiro atoms. The number of amides is 1. The lowest BCUT2D eigenvalue weighted by molar-refractivity contribution is -0.117. The lowest BCUT2D eigenvalue weighted by Crippen LogP contribution is -2.35. The predicted octanol–water partition coefficient (Wildman–Crippen LogP) is 0.594. The first kappa shape index (κ1) is 15.0. The molecule has 7 heteroatoms. The number of nitrogens with one attached hydrogen (secondary N) is 3. The van der Waals surface area contributed by atoms with Crippen LogP contribution in [0.1, 0.15) is 18.4 Å². The summed E-state index contributed by atoms with van der Waals surface area (Å²) in [6, 6.07) is 4.49. The molecule has 0 unspecified atom stereocenters. The highest BCUT2D eigenvalue weighted by molar-refractivity contribution is 7.89. The van der Waals surface area contributed by atoms with Gasteiger partial charge < -0.3 is 10.6 Å². The first-order chi connectivity index (χ1) is 9.44. The number of hydrogen-bond acceptors (Lipinski definition) is 4. The minimum absolute atomic E-state index is 0.121. The van der Waals surface area contributed by atoms with Gasteiger partial charge in [-0.15, -0.1) is 0 Å². The van der Waals surface area contributed by atoms with Crippen molar-refractivity contribution in [3.63, 3.8) is 0 Å². The summed E-state index contributed by atoms with van der Waals surface area (Å²) in [6.07, 6.45) is 1.78. The van der Waals surface area contributed by atoms with E-state index in [9.17, 15) is 13.2 Å². The number of carbonyl (C=O) groups excluding carboxylic acids is 1. The average molecular weight is 297 g/mol. The Morgan fingerprint density at radius 1 is 1.40 bits per heavy atom. The lowest BCUT2D eigenvalue weighted by Gasteiger charge is -2.14. The van der Waals surface area contributed by atoms with Gasteiger partial charge in [0.25, 0.3) is 0 Å². The fraction of sp³-hybridized carbons (Fsp3) is 0.462. The Hall–Kier alpha value is -1.44. The smallest absolute Gasteiger partial charge is 0.241 e. The van der Waals surface area contributed by atoms with Crippen LogP contribution in [0, 0.1) is 6.92 Å². The van der Waals surface area contributed by atoms with Gasteiger partial charge in [-0.3, -0.25) is 4.79 Å². The first-order valence-corrected chi connectivity index (χ1v) is 8.01. The van der Waals surface area contributed by atoms with Crippen molar-refractivity contribution in [2.75, 3.05) is 18.9 Å². The summed E-state index contributed by atoms with van der Waals surface area (Å²) in [5.41, 5.74) is 1.35. The average Bonchev–Trinajstić information content (AvgIpc) is 2.95. The molecule has 1 saturated heterocycles. The van der Waals surface area contributed by atoms with E-state index in [-0.39, 0.29) is 16.8 Å². The van der Waals surface area contributed by atoms with E-state index < -0.39 is 10.0 Å². The summed E-state index contributed by atoms with van der Waals surface area (Å²) in [6.45, 7) is 2.67. The fourth-order valence-corrected chi connectivity index (χ4v) is 2.90. The molecule has 1 heterocycles. The summed E-state index contributed by atoms with van der Waals surface area (Å²) in [5, 5.41) is 5.90. The molecule has 0 saturated carbocycles. The maximum Gasteiger partial charge on any atom is 0.241 e. The molecule has 1 atom stereocenters. The summed E-state index contributed by atoms with van der Waals surface area (Å²) in [4.78, 5) is 12.2. The second-order valence-corrected chi connectivity index (χ2v) is 6.71. The summed E-state index contributed by atoms with van der Waals surface area (Å²) in [5.74, 6) is -0.121. The van der Waals surface area contributed by atoms with Gasteiger partial charge in [-0.1, -0.05) is 6.07 Å². The van der Waals surface area contributed by atoms with Gasteiger partial charge in [-0.25, -0.2) is 13.1 Å². The Balaban J connectivity index is 2.23. The molecule has 1 aliphatic heterocycles. The SMILES string of the molecule is CNS(=O)(=O)c1ccc(C)c(NC(=O)[C@@H]2CCCN2)c1. The van der Waals surface area contributed by atoms with Crippen molar-refractivity contribution in [3.8, 4) is 0 Å². The van der Waals surface area contributed by atoms with Crippen LogP contribution in [0.25, 0.3) is 0 Å². The molecule has 20 heavy (non-hydrogen) atoms. The molecule has 3 N–H and O–H groups in total. The summed E-state index contributed by atoms with van der Waals surface area (Å²) < 4.78 is 25.8. The molecule has 0 aromatic heterocycles. The third-order valence-electron chi connectivity index (χ3n) is 3.42. The van der Waals surface area contributed by atoms with Crippen LogP contribution in [0.15, 0.2) is 23.1 Å². The predicted molar refractivity (Wildman–Crippen MR) is 77.1 cm³/mol. The van der Waals surface area contributed by atoms with Gasteiger partial charge in [0.1, 0.15) is 0 Å². The van der Waals surface area contributed by atoms with Crippen LogP contribution >= 0.6 is 0 Å². The van der Waals surface area contributed by atoms with Crippen molar-refractivity contribution < 1.29 is 13.2 Å². The van der Waals surface area contributed by atoms with E-state index in [1.54, 1.807) is 6.07 Å². The van der Waals surface area contributed by atoms with E-state index in [0.29, 0.717) is 5.69 Å². The van der Waals surface area contributed by atoms with E-state index in [4.69, 9.17) is 0 Å². The summed E-state index contributed by atoms with van der Waals surface area (Å²) in [7, 11) is -2.15. The molecule has 1 aromatic rings. The van der Waals surface area contributed by atoms with Crippen LogP contribution in [0.4, 0.5) is 5.69 Å². The van der Waals surface area contributed by atoms with Gasteiger partial charge in [0.2, 0.25) is 15.9 Å². The molecule has 0 bridgehead atoms. The van der Waals surface area contributed by atoms with Gasteiger partial charge >= 0.3 is 0 Å². The number of aryl methyl sites for hydroxylation is 1. The highest BCUT2D eigenvalue weighted by Crippen LogP contribution is 2.21. The molecule has 0 aliphatic carbocycles. The zero-order valence-corrected chi connectivity index (χ0v) is 12.4. The Labute approximate surface area is 119 Å². The molecule has 6 nitrogen and oxygen atoms in total. The Morgan fingerprint density at radius 3 is 2.75 bits per heavy atom. The number of rotatable bonds is 4. The fourth-order valence-electron chi connectivity index (χ4n) is 2.15. The molecular weight excluding hydrogens is 278 g/mol. The monoisotopic (exact) mass is 297 g/mol. The second kappa shape index (κ2) is 5.90. The van der Waals surface area contributed by atoms with E-state index in [2.05, 4.69) is 15.4 Å². The van der Waals surface area contributed by atoms with Crippen molar-refractivity contribution >= 4 is 21.6 Å². The van der Waals surface area contributed by atoms with Crippen molar-refractivity contribution in [2.24, 2.45) is 0 Å². The molecule has 1 aliphatic rings. The highest BCUT2D eigenvalue weighted by Gasteiger charge is 2.23. The molecule has 1 amide bonds. The number of sulfonamides is 1. The third-order valence-corrected chi connectivity index (χ3v) is 4.83. The number of hydrogen-bond donors (Lipinski definition) is 3. The Kier molecular flexibility index (Phi) is 4.42. The van der Waals surface area contributed by atoms with Gasteiger partial charge in [-0.05, 0) is 51.1 Å². The molecule has 1 fully saturated rings. The van der Waals surface area contributed by atoms with Crippen molar-refractivity contribution in [2.45, 2.75) is 30.7 Å². The van der Waals surface area contributed by atoms with Gasteiger partial charge in [0.15, 0.2) is 0 Å². The van der Waals surface area contributed by atoms with Crippen LogP contribution in [-0.4, -0.2) is 34.0 Å². The van der Waals surface area contributed by atoms with Crippen LogP contribution in [-0.2, 0) is 14.8 Å². The number of benzene rings is 1. The maximum absolute atomic E-state index is 12.1. The van der Waals surface area contributed by atoms with Crippen molar-refractivity contribution in [1.82, 2.24) is 10.0 Å². The largest absolute Gasteiger partial charge is 0.324 e. The van der Waals surface area contributed by atoms with E-state index >= 15 is 0 Å². The molecule has 110 valence electrons. The van der Waals surface area contributed by atoms with Gasteiger partial charge in [0.05, 0.1) is 10.9 Å². The standard InChI is InChI=1S/C13H19N3O3S/c1-9-5-6-10(20(18,19)14-2)8-12(9)16-13(17)11-4-3-7-15-11/h5-6,8,11,14-15H,3-4,7H2,1-2H3,(H,16,17)/t11-/m0/s1. The zero-order valence-electron chi connectivity index (χ0n) is 11.6. The minimum Gasteiger partial charge on any atom is -0.324 e. The van der Waals surface area contributed by atoms with E-state index in [1.807, 2.05) is 6.92 Å². The highest BCUT2D eigenvalue weighted by atomic mass is 32.2. The normalized spacial score (nSPS) is 19.0. The van der Waals surface area contributed by atoms with Crippen molar-refractivity contribution in [1.29, 1.82) is 0 Å². The van der Waals surface area contributed by atoms with E-state index in [0.717, 1.165) is 24.9 Å². The summed E-state index contributed by atoms with van der Waals surface area (Å²) >= 11 is 0. The van der Waals surface area contributed by atoms with E-state index in [1.165, 1.54) is 19.2 Å². The van der Waals surface area contributed by atoms with Gasteiger partial charge in [-0.2, -0.15) is 0 Å². The Morgan fingerprint density at radius 2 is 2.15 bits per heavy atom. The first-order valence-electron chi connectivity index (χ1n) is 6.52. The van der Waals surface area contributed by atoms with Crippen molar-refractivity contribution in [3.05, 3.63) is 23.8 Å². The topological polar surface area (TPSA) is 87.3 Å². The quantitative estimate of drug-likeness (QED) is 0.759.